The molecule has 9 nitrogen and oxygen atoms in total. The Morgan fingerprint density at radius 2 is 0.655 bits per heavy atom. The number of nitrogens with zero attached hydrogens (tertiary/aromatic N) is 1. The van der Waals surface area contributed by atoms with Crippen molar-refractivity contribution < 1.29 is 42.9 Å². The van der Waals surface area contributed by atoms with Crippen molar-refractivity contribution in [1.29, 1.82) is 0 Å². The largest absolute Gasteiger partial charge is 0.545 e. The SMILES string of the molecule is CC/C=C\C/C=C\C/C=C\C/C=C\C/C=C\CCCCCCCCCCCCCCCCCC(=O)OC(COC(=O)CCCCCCCCCCCCCCCCCCCCC/C=C\C/C=C\CCCCCCC)COC(OCC[N+](C)(C)C)C(=O)[O-]. The molecule has 0 heterocycles. The van der Waals surface area contributed by atoms with Crippen LogP contribution in [0.1, 0.15) is 335 Å². The van der Waals surface area contributed by atoms with E-state index in [1.165, 1.54) is 225 Å². The number of hydrogen-bond donors (Lipinski definition) is 0. The Bertz CT molecular complexity index is 1700. The molecule has 0 spiro atoms. The van der Waals surface area contributed by atoms with E-state index in [9.17, 15) is 19.5 Å². The predicted octanol–water partition coefficient (Wildman–Crippen LogP) is 21.7. The molecule has 9 heteroatoms. The summed E-state index contributed by atoms with van der Waals surface area (Å²) >= 11 is 0. The fourth-order valence-electron chi connectivity index (χ4n) is 10.5. The van der Waals surface area contributed by atoms with Gasteiger partial charge in [0.25, 0.3) is 0 Å². The second-order valence-electron chi connectivity index (χ2n) is 25.9. The molecule has 0 rings (SSSR count). The van der Waals surface area contributed by atoms with Crippen LogP contribution in [0, 0.1) is 0 Å². The minimum atomic E-state index is -1.62. The van der Waals surface area contributed by atoms with Gasteiger partial charge in [-0.1, -0.05) is 317 Å². The van der Waals surface area contributed by atoms with Crippen molar-refractivity contribution in [2.45, 2.75) is 347 Å². The summed E-state index contributed by atoms with van der Waals surface area (Å²) in [7, 11) is 5.94. The Morgan fingerprint density at radius 1 is 0.356 bits per heavy atom. The second kappa shape index (κ2) is 68.4. The summed E-state index contributed by atoms with van der Waals surface area (Å²) in [4.78, 5) is 37.5. The maximum absolute atomic E-state index is 12.9. The molecule has 0 aromatic rings. The number of aliphatic carboxylic acids is 1. The van der Waals surface area contributed by atoms with Gasteiger partial charge < -0.3 is 33.3 Å². The van der Waals surface area contributed by atoms with Gasteiger partial charge in [0.2, 0.25) is 0 Å². The summed E-state index contributed by atoms with van der Waals surface area (Å²) < 4.78 is 22.8. The number of allylic oxidation sites excluding steroid dienone is 14. The number of carboxylic acids is 1. The molecule has 0 aliphatic heterocycles. The van der Waals surface area contributed by atoms with Gasteiger partial charge >= 0.3 is 11.9 Å². The summed E-state index contributed by atoms with van der Waals surface area (Å²) in [5.74, 6) is -2.27. The van der Waals surface area contributed by atoms with Gasteiger partial charge in [0.15, 0.2) is 12.4 Å². The maximum atomic E-state index is 12.9. The molecule has 0 bridgehead atoms. The fourth-order valence-corrected chi connectivity index (χ4v) is 10.5. The minimum absolute atomic E-state index is 0.147. The second-order valence-corrected chi connectivity index (χ2v) is 25.9. The molecule has 2 unspecified atom stereocenters. The topological polar surface area (TPSA) is 111 Å². The first-order chi connectivity index (χ1) is 42.6. The zero-order valence-corrected chi connectivity index (χ0v) is 57.6. The Balaban J connectivity index is 4.06. The van der Waals surface area contributed by atoms with E-state index in [0.717, 1.165) is 77.0 Å². The van der Waals surface area contributed by atoms with Crippen LogP contribution in [0.3, 0.4) is 0 Å². The van der Waals surface area contributed by atoms with Crippen LogP contribution < -0.4 is 5.11 Å². The third-order valence-electron chi connectivity index (χ3n) is 16.1. The quantitative estimate of drug-likeness (QED) is 0.0195. The predicted molar refractivity (Wildman–Crippen MR) is 371 cm³/mol. The number of hydrogen-bond acceptors (Lipinski definition) is 8. The zero-order chi connectivity index (χ0) is 63.3. The molecule has 0 aromatic heterocycles. The Hall–Kier alpha value is -3.53. The summed E-state index contributed by atoms with van der Waals surface area (Å²) in [6.07, 6.45) is 89.6. The number of unbranched alkanes of at least 4 members (excludes halogenated alkanes) is 39. The molecule has 0 aliphatic carbocycles. The van der Waals surface area contributed by atoms with Gasteiger partial charge in [-0.05, 0) is 89.9 Å². The van der Waals surface area contributed by atoms with Gasteiger partial charge in [-0.15, -0.1) is 0 Å². The minimum Gasteiger partial charge on any atom is -0.545 e. The van der Waals surface area contributed by atoms with Gasteiger partial charge in [-0.25, -0.2) is 0 Å². The number of carbonyl (C=O) groups is 3. The van der Waals surface area contributed by atoms with Gasteiger partial charge in [0.05, 0.1) is 40.3 Å². The summed E-state index contributed by atoms with van der Waals surface area (Å²) in [6, 6.07) is 0. The summed E-state index contributed by atoms with van der Waals surface area (Å²) in [5, 5.41) is 11.8. The highest BCUT2D eigenvalue weighted by Crippen LogP contribution is 2.18. The lowest BCUT2D eigenvalue weighted by Crippen LogP contribution is -2.44. The van der Waals surface area contributed by atoms with Crippen LogP contribution in [0.4, 0.5) is 0 Å². The van der Waals surface area contributed by atoms with Crippen molar-refractivity contribution in [1.82, 2.24) is 0 Å². The summed E-state index contributed by atoms with van der Waals surface area (Å²) in [6.45, 7) is 4.67. The van der Waals surface area contributed by atoms with Crippen LogP contribution in [0.25, 0.3) is 0 Å². The first-order valence-electron chi connectivity index (χ1n) is 36.7. The maximum Gasteiger partial charge on any atom is 0.306 e. The molecule has 87 heavy (non-hydrogen) atoms. The molecule has 0 saturated heterocycles. The average molecular weight is 1220 g/mol. The molecule has 0 saturated carbocycles. The first-order valence-corrected chi connectivity index (χ1v) is 36.7. The van der Waals surface area contributed by atoms with E-state index < -0.39 is 24.3 Å². The normalized spacial score (nSPS) is 13.2. The Morgan fingerprint density at radius 3 is 0.977 bits per heavy atom. The monoisotopic (exact) mass is 1220 g/mol. The molecule has 2 atom stereocenters. The van der Waals surface area contributed by atoms with Gasteiger partial charge in [-0.3, -0.25) is 9.59 Å². The van der Waals surface area contributed by atoms with Crippen molar-refractivity contribution in [2.24, 2.45) is 0 Å². The molecular formula is C78H139NO8. The van der Waals surface area contributed by atoms with Crippen LogP contribution in [-0.2, 0) is 33.3 Å². The van der Waals surface area contributed by atoms with Crippen LogP contribution in [0.15, 0.2) is 85.1 Å². The van der Waals surface area contributed by atoms with Crippen molar-refractivity contribution in [3.63, 3.8) is 0 Å². The van der Waals surface area contributed by atoms with Crippen LogP contribution in [0.2, 0.25) is 0 Å². The molecule has 504 valence electrons. The Labute approximate surface area is 538 Å². The number of quaternary nitrogens is 1. The van der Waals surface area contributed by atoms with E-state index in [0.29, 0.717) is 23.9 Å². The number of likely N-dealkylation sites (N-methyl/N-ethyl adjacent to an activating group) is 1. The number of rotatable bonds is 68. The molecule has 0 amide bonds. The average Bonchev–Trinajstić information content (AvgIpc) is 3.56. The highest BCUT2D eigenvalue weighted by Gasteiger charge is 2.22. The van der Waals surface area contributed by atoms with E-state index in [1.807, 2.05) is 21.1 Å². The van der Waals surface area contributed by atoms with Crippen LogP contribution in [0.5, 0.6) is 0 Å². The molecule has 0 aromatic carbocycles. The fraction of sp³-hybridized carbons (Fsp3) is 0.782. The lowest BCUT2D eigenvalue weighted by molar-refractivity contribution is -0.870. The third-order valence-corrected chi connectivity index (χ3v) is 16.1. The first kappa shape index (κ1) is 83.5. The molecule has 0 N–H and O–H groups in total. The Kier molecular flexibility index (Phi) is 65.6. The number of ether oxygens (including phenoxy) is 4. The highest BCUT2D eigenvalue weighted by atomic mass is 16.7. The van der Waals surface area contributed by atoms with E-state index in [-0.39, 0.29) is 32.2 Å². The van der Waals surface area contributed by atoms with Gasteiger partial charge in [0, 0.05) is 12.8 Å². The van der Waals surface area contributed by atoms with Gasteiger partial charge in [0.1, 0.15) is 13.2 Å². The van der Waals surface area contributed by atoms with Crippen molar-refractivity contribution in [2.75, 3.05) is 47.5 Å². The lowest BCUT2D eigenvalue weighted by atomic mass is 10.0. The van der Waals surface area contributed by atoms with Gasteiger partial charge in [-0.2, -0.15) is 0 Å². The lowest BCUT2D eigenvalue weighted by Gasteiger charge is -2.26. The van der Waals surface area contributed by atoms with E-state index in [1.54, 1.807) is 0 Å². The smallest absolute Gasteiger partial charge is 0.306 e. The molecule has 0 fully saturated rings. The number of carboxylic acid groups (broad SMARTS) is 1. The van der Waals surface area contributed by atoms with E-state index in [4.69, 9.17) is 18.9 Å². The molecule has 0 radical (unpaired) electrons. The molecular weight excluding hydrogens is 1080 g/mol. The van der Waals surface area contributed by atoms with Crippen LogP contribution in [-0.4, -0.2) is 82.3 Å². The van der Waals surface area contributed by atoms with Crippen molar-refractivity contribution in [3.8, 4) is 0 Å². The summed E-state index contributed by atoms with van der Waals surface area (Å²) in [5.41, 5.74) is 0. The zero-order valence-electron chi connectivity index (χ0n) is 57.6. The van der Waals surface area contributed by atoms with Crippen molar-refractivity contribution in [3.05, 3.63) is 85.1 Å². The highest BCUT2D eigenvalue weighted by molar-refractivity contribution is 5.70. The van der Waals surface area contributed by atoms with E-state index in [2.05, 4.69) is 98.9 Å². The number of carbonyl (C=O) groups excluding carboxylic acids is 3. The van der Waals surface area contributed by atoms with Crippen LogP contribution >= 0.6 is 0 Å². The van der Waals surface area contributed by atoms with E-state index >= 15 is 0 Å². The third kappa shape index (κ3) is 69.8. The molecule has 0 aliphatic rings. The standard InChI is InChI=1S/C78H139NO8/c1-6-8-10-12-14-16-18-20-22-24-26-28-30-32-34-36-38-40-42-44-46-48-50-52-54-56-58-60-62-64-66-68-75(80)85-72-74(73-86-78(77(82)83)84-71-70-79(3,4)5)87-76(81)69-67-65-63-61-59-57-55-53-51-49-47-45-43-41-39-37-35-33-31-29-27-25-23-21-19-17-15-13-11-9-7-2/h9,11,15,17-18,20-21,23-24,26-27,29,33,35,74,78H,6-8,10,12-14,16,19,22,25,28,30-32,34,36-73H2,1-5H3/b11-9-,17-15-,20-18-,23-21-,26-24-,29-27-,35-33-. The van der Waals surface area contributed by atoms with Crippen molar-refractivity contribution >= 4 is 17.9 Å². The number of esters is 2.